The minimum absolute atomic E-state index is 0.0671. The fraction of sp³-hybridized carbons (Fsp3) is 0.600. The van der Waals surface area contributed by atoms with Crippen LogP contribution in [0.3, 0.4) is 0 Å². The summed E-state index contributed by atoms with van der Waals surface area (Å²) in [7, 11) is 2.06. The highest BCUT2D eigenvalue weighted by molar-refractivity contribution is 5.26. The average Bonchev–Trinajstić information content (AvgIpc) is 2.33. The van der Waals surface area contributed by atoms with Gasteiger partial charge in [-0.15, -0.1) is 0 Å². The monoisotopic (exact) mass is 252 g/mol. The second-order valence-corrected chi connectivity index (χ2v) is 5.41. The van der Waals surface area contributed by atoms with E-state index in [1.807, 2.05) is 12.1 Å². The van der Waals surface area contributed by atoms with E-state index in [0.29, 0.717) is 24.1 Å². The van der Waals surface area contributed by atoms with Crippen LogP contribution >= 0.6 is 0 Å². The van der Waals surface area contributed by atoms with Crippen LogP contribution in [0.4, 0.5) is 4.39 Å². The fourth-order valence-corrected chi connectivity index (χ4v) is 2.11. The first-order chi connectivity index (χ1) is 8.38. The van der Waals surface area contributed by atoms with Crippen molar-refractivity contribution in [1.82, 2.24) is 4.90 Å². The number of nitrogens with two attached hydrogens (primary N) is 1. The molecule has 0 aliphatic rings. The van der Waals surface area contributed by atoms with Crippen molar-refractivity contribution in [2.24, 2.45) is 11.7 Å². The van der Waals surface area contributed by atoms with Crippen LogP contribution in [0.15, 0.2) is 18.2 Å². The van der Waals surface area contributed by atoms with E-state index >= 15 is 0 Å². The maximum absolute atomic E-state index is 13.6. The summed E-state index contributed by atoms with van der Waals surface area (Å²) in [5.74, 6) is 0.385. The van der Waals surface area contributed by atoms with Crippen LogP contribution in [0.2, 0.25) is 0 Å². The van der Waals surface area contributed by atoms with Gasteiger partial charge in [0.25, 0.3) is 0 Å². The molecular formula is C15H25FN2. The summed E-state index contributed by atoms with van der Waals surface area (Å²) in [4.78, 5) is 2.23. The number of benzene rings is 1. The minimum Gasteiger partial charge on any atom is -0.329 e. The van der Waals surface area contributed by atoms with Crippen LogP contribution in [-0.2, 0) is 0 Å². The van der Waals surface area contributed by atoms with Gasteiger partial charge in [0.2, 0.25) is 0 Å². The lowest BCUT2D eigenvalue weighted by Crippen LogP contribution is -2.39. The molecule has 1 aromatic carbocycles. The third-order valence-electron chi connectivity index (χ3n) is 3.90. The molecule has 0 bridgehead atoms. The van der Waals surface area contributed by atoms with Crippen LogP contribution in [0.25, 0.3) is 0 Å². The topological polar surface area (TPSA) is 29.3 Å². The van der Waals surface area contributed by atoms with Gasteiger partial charge in [-0.3, -0.25) is 4.90 Å². The van der Waals surface area contributed by atoms with Gasteiger partial charge in [-0.1, -0.05) is 26.0 Å². The molecule has 0 heterocycles. The van der Waals surface area contributed by atoms with E-state index in [1.54, 1.807) is 13.0 Å². The maximum Gasteiger partial charge on any atom is 0.126 e. The minimum atomic E-state index is -0.156. The first-order valence-corrected chi connectivity index (χ1v) is 6.56. The van der Waals surface area contributed by atoms with Gasteiger partial charge in [0, 0.05) is 18.6 Å². The Morgan fingerprint density at radius 2 is 1.89 bits per heavy atom. The molecule has 0 spiro atoms. The molecule has 2 nitrogen and oxygen atoms in total. The van der Waals surface area contributed by atoms with Crippen LogP contribution in [-0.4, -0.2) is 24.5 Å². The fourth-order valence-electron chi connectivity index (χ4n) is 2.11. The van der Waals surface area contributed by atoms with Crippen molar-refractivity contribution in [1.29, 1.82) is 0 Å². The van der Waals surface area contributed by atoms with Gasteiger partial charge in [0.05, 0.1) is 0 Å². The third-order valence-corrected chi connectivity index (χ3v) is 3.90. The van der Waals surface area contributed by atoms with Crippen molar-refractivity contribution in [3.8, 4) is 0 Å². The second-order valence-electron chi connectivity index (χ2n) is 5.41. The number of likely N-dealkylation sites (N-methyl/N-ethyl adjacent to an activating group) is 1. The van der Waals surface area contributed by atoms with Gasteiger partial charge in [0.15, 0.2) is 0 Å². The van der Waals surface area contributed by atoms with E-state index in [1.165, 1.54) is 0 Å². The van der Waals surface area contributed by atoms with Gasteiger partial charge in [-0.25, -0.2) is 4.39 Å². The lowest BCUT2D eigenvalue weighted by molar-refractivity contribution is 0.151. The molecule has 2 N–H and O–H groups in total. The smallest absolute Gasteiger partial charge is 0.126 e. The van der Waals surface area contributed by atoms with Crippen molar-refractivity contribution >= 4 is 0 Å². The van der Waals surface area contributed by atoms with Gasteiger partial charge >= 0.3 is 0 Å². The van der Waals surface area contributed by atoms with E-state index < -0.39 is 0 Å². The molecule has 0 saturated carbocycles. The van der Waals surface area contributed by atoms with Gasteiger partial charge in [-0.2, -0.15) is 0 Å². The molecule has 1 rings (SSSR count). The van der Waals surface area contributed by atoms with Crippen molar-refractivity contribution in [2.75, 3.05) is 13.6 Å². The van der Waals surface area contributed by atoms with Crippen molar-refractivity contribution in [2.45, 2.75) is 39.8 Å². The maximum atomic E-state index is 13.6. The number of nitrogens with zero attached hydrogens (tertiary/aromatic N) is 1. The van der Waals surface area contributed by atoms with Crippen LogP contribution in [0.1, 0.15) is 37.9 Å². The number of hydrogen-bond donors (Lipinski definition) is 1. The zero-order valence-corrected chi connectivity index (χ0v) is 12.1. The SMILES string of the molecule is Cc1ccc(C(CN)N(C)C(C)C(C)C)cc1F. The Bertz CT molecular complexity index is 390. The Morgan fingerprint density at radius 3 is 2.33 bits per heavy atom. The summed E-state index contributed by atoms with van der Waals surface area (Å²) < 4.78 is 13.6. The van der Waals surface area contributed by atoms with Crippen LogP contribution < -0.4 is 5.73 Å². The Labute approximate surface area is 110 Å². The highest BCUT2D eigenvalue weighted by atomic mass is 19.1. The predicted octanol–water partition coefficient (Wildman–Crippen LogP) is 3.11. The summed E-state index contributed by atoms with van der Waals surface area (Å²) >= 11 is 0. The van der Waals surface area contributed by atoms with Gasteiger partial charge < -0.3 is 5.73 Å². The first-order valence-electron chi connectivity index (χ1n) is 6.56. The first kappa shape index (κ1) is 15.1. The normalized spacial score (nSPS) is 15.2. The molecule has 0 aliphatic heterocycles. The molecule has 0 saturated heterocycles. The molecule has 2 unspecified atom stereocenters. The molecule has 0 aromatic heterocycles. The molecule has 3 heteroatoms. The molecule has 0 radical (unpaired) electrons. The van der Waals surface area contributed by atoms with Gasteiger partial charge in [-0.05, 0) is 44.0 Å². The molecule has 2 atom stereocenters. The lowest BCUT2D eigenvalue weighted by atomic mass is 9.98. The second kappa shape index (κ2) is 6.30. The van der Waals surface area contributed by atoms with Crippen molar-refractivity contribution < 1.29 is 4.39 Å². The van der Waals surface area contributed by atoms with Crippen molar-refractivity contribution in [3.05, 3.63) is 35.1 Å². The summed E-state index contributed by atoms with van der Waals surface area (Å²) in [5, 5.41) is 0. The standard InChI is InChI=1S/C15H25FN2/c1-10(2)12(4)18(5)15(9-17)13-7-6-11(3)14(16)8-13/h6-8,10,12,15H,9,17H2,1-5H3. The van der Waals surface area contributed by atoms with Crippen LogP contribution in [0, 0.1) is 18.7 Å². The number of halogens is 1. The van der Waals surface area contributed by atoms with E-state index in [4.69, 9.17) is 5.73 Å². The zero-order chi connectivity index (χ0) is 13.9. The zero-order valence-electron chi connectivity index (χ0n) is 12.1. The Morgan fingerprint density at radius 1 is 1.28 bits per heavy atom. The molecule has 0 amide bonds. The van der Waals surface area contributed by atoms with E-state index in [-0.39, 0.29) is 11.9 Å². The van der Waals surface area contributed by atoms with Crippen molar-refractivity contribution in [3.63, 3.8) is 0 Å². The summed E-state index contributed by atoms with van der Waals surface area (Å²) in [6.45, 7) is 8.82. The highest BCUT2D eigenvalue weighted by Crippen LogP contribution is 2.24. The Hall–Kier alpha value is -0.930. The number of hydrogen-bond acceptors (Lipinski definition) is 2. The quantitative estimate of drug-likeness (QED) is 0.872. The van der Waals surface area contributed by atoms with E-state index in [9.17, 15) is 4.39 Å². The largest absolute Gasteiger partial charge is 0.329 e. The lowest BCUT2D eigenvalue weighted by Gasteiger charge is -2.35. The number of aryl methyl sites for hydroxylation is 1. The predicted molar refractivity (Wildman–Crippen MR) is 75.0 cm³/mol. The van der Waals surface area contributed by atoms with E-state index in [2.05, 4.69) is 32.7 Å². The molecule has 0 aliphatic carbocycles. The van der Waals surface area contributed by atoms with Crippen LogP contribution in [0.5, 0.6) is 0 Å². The third kappa shape index (κ3) is 3.30. The van der Waals surface area contributed by atoms with E-state index in [0.717, 1.165) is 5.56 Å². The Kier molecular flexibility index (Phi) is 5.29. The number of rotatable bonds is 5. The molecule has 1 aromatic rings. The highest BCUT2D eigenvalue weighted by Gasteiger charge is 2.22. The molecule has 102 valence electrons. The molecule has 18 heavy (non-hydrogen) atoms. The Balaban J connectivity index is 2.98. The molecular weight excluding hydrogens is 227 g/mol. The average molecular weight is 252 g/mol. The molecule has 0 fully saturated rings. The summed E-state index contributed by atoms with van der Waals surface area (Å²) in [6.07, 6.45) is 0. The van der Waals surface area contributed by atoms with Gasteiger partial charge in [0.1, 0.15) is 5.82 Å². The summed E-state index contributed by atoms with van der Waals surface area (Å²) in [6, 6.07) is 5.87. The summed E-state index contributed by atoms with van der Waals surface area (Å²) in [5.41, 5.74) is 7.50.